The van der Waals surface area contributed by atoms with Crippen molar-refractivity contribution in [2.24, 2.45) is 0 Å². The van der Waals surface area contributed by atoms with Crippen LogP contribution in [0, 0.1) is 0 Å². The van der Waals surface area contributed by atoms with Crippen molar-refractivity contribution in [2.75, 3.05) is 25.1 Å². The number of aromatic nitrogens is 1. The molecule has 0 radical (unpaired) electrons. The number of rotatable bonds is 4. The Morgan fingerprint density at radius 2 is 2.41 bits per heavy atom. The minimum Gasteiger partial charge on any atom is -0.376 e. The zero-order valence-corrected chi connectivity index (χ0v) is 11.3. The van der Waals surface area contributed by atoms with Gasteiger partial charge in [0.15, 0.2) is 0 Å². The van der Waals surface area contributed by atoms with Gasteiger partial charge in [0.25, 0.3) is 0 Å². The Kier molecular flexibility index (Phi) is 4.48. The molecule has 5 heteroatoms. The van der Waals surface area contributed by atoms with E-state index in [0.29, 0.717) is 17.0 Å². The molecule has 1 aliphatic rings. The Balaban J connectivity index is 2.04. The third-order valence-electron chi connectivity index (χ3n) is 2.96. The van der Waals surface area contributed by atoms with E-state index < -0.39 is 0 Å². The molecule has 1 saturated heterocycles. The van der Waals surface area contributed by atoms with Crippen molar-refractivity contribution >= 4 is 29.0 Å². The van der Waals surface area contributed by atoms with E-state index in [1.165, 1.54) is 0 Å². The summed E-state index contributed by atoms with van der Waals surface area (Å²) in [6.45, 7) is 1.73. The number of likely N-dealkylation sites (N-methyl/N-ethyl adjacent to an activating group) is 1. The topological polar surface area (TPSA) is 25.4 Å². The van der Waals surface area contributed by atoms with Crippen molar-refractivity contribution in [3.05, 3.63) is 22.8 Å². The standard InChI is InChI=1S/C12H16Cl2N2O/c1-16(8-10-3-2-4-17-10)12-5-9(6-13)11(14)7-15-12/h5,7,10H,2-4,6,8H2,1H3. The second-order valence-corrected chi connectivity index (χ2v) is 4.96. The van der Waals surface area contributed by atoms with E-state index in [2.05, 4.69) is 9.88 Å². The predicted octanol–water partition coefficient (Wildman–Crippen LogP) is 3.09. The fraction of sp³-hybridized carbons (Fsp3) is 0.583. The maximum Gasteiger partial charge on any atom is 0.128 e. The molecule has 2 heterocycles. The van der Waals surface area contributed by atoms with Crippen LogP contribution in [0.1, 0.15) is 18.4 Å². The lowest BCUT2D eigenvalue weighted by molar-refractivity contribution is 0.116. The quantitative estimate of drug-likeness (QED) is 0.789. The zero-order valence-electron chi connectivity index (χ0n) is 9.83. The van der Waals surface area contributed by atoms with Crippen LogP contribution in [0.25, 0.3) is 0 Å². The molecular weight excluding hydrogens is 259 g/mol. The summed E-state index contributed by atoms with van der Waals surface area (Å²) >= 11 is 11.8. The first-order valence-electron chi connectivity index (χ1n) is 5.74. The summed E-state index contributed by atoms with van der Waals surface area (Å²) in [4.78, 5) is 6.39. The second-order valence-electron chi connectivity index (χ2n) is 4.28. The lowest BCUT2D eigenvalue weighted by atomic mass is 10.2. The summed E-state index contributed by atoms with van der Waals surface area (Å²) in [5, 5.41) is 0.620. The summed E-state index contributed by atoms with van der Waals surface area (Å²) in [5.74, 6) is 1.29. The molecule has 1 aromatic rings. The van der Waals surface area contributed by atoms with E-state index in [1.807, 2.05) is 13.1 Å². The molecule has 2 rings (SSSR count). The molecule has 0 spiro atoms. The van der Waals surface area contributed by atoms with Crippen LogP contribution in [0.15, 0.2) is 12.3 Å². The largest absolute Gasteiger partial charge is 0.376 e. The third kappa shape index (κ3) is 3.24. The molecule has 0 saturated carbocycles. The van der Waals surface area contributed by atoms with Gasteiger partial charge in [0.1, 0.15) is 5.82 Å². The van der Waals surface area contributed by atoms with Gasteiger partial charge in [0.05, 0.1) is 11.1 Å². The van der Waals surface area contributed by atoms with Crippen molar-refractivity contribution in [3.8, 4) is 0 Å². The molecular formula is C12H16Cl2N2O. The van der Waals surface area contributed by atoms with Crippen LogP contribution in [-0.2, 0) is 10.6 Å². The first-order valence-corrected chi connectivity index (χ1v) is 6.65. The lowest BCUT2D eigenvalue weighted by Gasteiger charge is -2.22. The molecule has 1 aliphatic heterocycles. The number of alkyl halides is 1. The van der Waals surface area contributed by atoms with Crippen LogP contribution >= 0.6 is 23.2 Å². The van der Waals surface area contributed by atoms with E-state index in [0.717, 1.165) is 37.4 Å². The minimum atomic E-state index is 0.317. The highest BCUT2D eigenvalue weighted by Gasteiger charge is 2.18. The molecule has 0 amide bonds. The predicted molar refractivity (Wildman–Crippen MR) is 71.0 cm³/mol. The zero-order chi connectivity index (χ0) is 12.3. The normalized spacial score (nSPS) is 19.6. The van der Waals surface area contributed by atoms with Gasteiger partial charge in [0.2, 0.25) is 0 Å². The number of anilines is 1. The Morgan fingerprint density at radius 1 is 1.59 bits per heavy atom. The average Bonchev–Trinajstić information content (AvgIpc) is 2.82. The van der Waals surface area contributed by atoms with Crippen LogP contribution in [0.4, 0.5) is 5.82 Å². The van der Waals surface area contributed by atoms with Crippen LogP contribution in [-0.4, -0.2) is 31.3 Å². The highest BCUT2D eigenvalue weighted by atomic mass is 35.5. The third-order valence-corrected chi connectivity index (χ3v) is 3.59. The molecule has 1 unspecified atom stereocenters. The summed E-state index contributed by atoms with van der Waals surface area (Å²) in [7, 11) is 2.01. The second kappa shape index (κ2) is 5.89. The Labute approximate surface area is 112 Å². The van der Waals surface area contributed by atoms with E-state index >= 15 is 0 Å². The van der Waals surface area contributed by atoms with E-state index in [-0.39, 0.29) is 0 Å². The fourth-order valence-corrected chi connectivity index (χ4v) is 2.43. The molecule has 0 aromatic carbocycles. The average molecular weight is 275 g/mol. The molecule has 17 heavy (non-hydrogen) atoms. The first-order chi connectivity index (χ1) is 8.20. The number of pyridine rings is 1. The van der Waals surface area contributed by atoms with Gasteiger partial charge in [-0.05, 0) is 24.5 Å². The van der Waals surface area contributed by atoms with Crippen molar-refractivity contribution in [2.45, 2.75) is 24.8 Å². The van der Waals surface area contributed by atoms with Gasteiger partial charge >= 0.3 is 0 Å². The van der Waals surface area contributed by atoms with Crippen molar-refractivity contribution in [1.82, 2.24) is 4.98 Å². The van der Waals surface area contributed by atoms with E-state index in [1.54, 1.807) is 6.20 Å². The van der Waals surface area contributed by atoms with Gasteiger partial charge in [-0.1, -0.05) is 11.6 Å². The maximum absolute atomic E-state index is 5.98. The van der Waals surface area contributed by atoms with Gasteiger partial charge in [-0.15, -0.1) is 11.6 Å². The molecule has 1 aromatic heterocycles. The molecule has 0 N–H and O–H groups in total. The molecule has 1 atom stereocenters. The number of nitrogens with zero attached hydrogens (tertiary/aromatic N) is 2. The van der Waals surface area contributed by atoms with Gasteiger partial charge in [-0.25, -0.2) is 4.98 Å². The molecule has 0 aliphatic carbocycles. The molecule has 3 nitrogen and oxygen atoms in total. The highest BCUT2D eigenvalue weighted by molar-refractivity contribution is 6.32. The van der Waals surface area contributed by atoms with Crippen LogP contribution < -0.4 is 4.90 Å². The van der Waals surface area contributed by atoms with Crippen molar-refractivity contribution in [3.63, 3.8) is 0 Å². The summed E-state index contributed by atoms with van der Waals surface area (Å²) in [6.07, 6.45) is 4.25. The van der Waals surface area contributed by atoms with Crippen LogP contribution in [0.2, 0.25) is 5.02 Å². The SMILES string of the molecule is CN(CC1CCCO1)c1cc(CCl)c(Cl)cn1. The first kappa shape index (κ1) is 12.9. The lowest BCUT2D eigenvalue weighted by Crippen LogP contribution is -2.29. The van der Waals surface area contributed by atoms with Gasteiger partial charge in [-0.2, -0.15) is 0 Å². The number of hydrogen-bond donors (Lipinski definition) is 0. The number of hydrogen-bond acceptors (Lipinski definition) is 3. The van der Waals surface area contributed by atoms with Crippen LogP contribution in [0.5, 0.6) is 0 Å². The van der Waals surface area contributed by atoms with Gasteiger partial charge in [0, 0.05) is 32.3 Å². The highest BCUT2D eigenvalue weighted by Crippen LogP contribution is 2.22. The molecule has 94 valence electrons. The van der Waals surface area contributed by atoms with Crippen molar-refractivity contribution in [1.29, 1.82) is 0 Å². The maximum atomic E-state index is 5.98. The summed E-state index contributed by atoms with van der Waals surface area (Å²) in [6, 6.07) is 1.93. The minimum absolute atomic E-state index is 0.317. The molecule has 1 fully saturated rings. The van der Waals surface area contributed by atoms with Gasteiger partial charge in [-0.3, -0.25) is 0 Å². The molecule has 0 bridgehead atoms. The Hall–Kier alpha value is -0.510. The number of halogens is 2. The smallest absolute Gasteiger partial charge is 0.128 e. The van der Waals surface area contributed by atoms with Crippen molar-refractivity contribution < 1.29 is 4.74 Å². The van der Waals surface area contributed by atoms with Crippen LogP contribution in [0.3, 0.4) is 0 Å². The van der Waals surface area contributed by atoms with Gasteiger partial charge < -0.3 is 9.64 Å². The summed E-state index contributed by atoms with van der Waals surface area (Å²) < 4.78 is 5.60. The monoisotopic (exact) mass is 274 g/mol. The number of ether oxygens (including phenoxy) is 1. The van der Waals surface area contributed by atoms with E-state index in [9.17, 15) is 0 Å². The Bertz CT molecular complexity index is 381. The summed E-state index contributed by atoms with van der Waals surface area (Å²) in [5.41, 5.74) is 0.914. The Morgan fingerprint density at radius 3 is 3.06 bits per heavy atom. The van der Waals surface area contributed by atoms with E-state index in [4.69, 9.17) is 27.9 Å². The fourth-order valence-electron chi connectivity index (χ4n) is 1.97.